The molecule has 0 saturated heterocycles. The maximum Gasteiger partial charge on any atom is 0.319 e. The van der Waals surface area contributed by atoms with Crippen molar-refractivity contribution in [1.82, 2.24) is 10.3 Å². The third-order valence-electron chi connectivity index (χ3n) is 2.99. The monoisotopic (exact) mass is 303 g/mol. The van der Waals surface area contributed by atoms with Crippen LogP contribution in [-0.2, 0) is 0 Å². The number of anilines is 1. The molecule has 0 bridgehead atoms. The smallest absolute Gasteiger partial charge is 0.319 e. The molecule has 1 aromatic heterocycles. The van der Waals surface area contributed by atoms with Gasteiger partial charge in [-0.3, -0.25) is 4.79 Å². The number of rotatable bonds is 5. The molecule has 0 saturated carbocycles. The van der Waals surface area contributed by atoms with E-state index in [2.05, 4.69) is 15.6 Å². The van der Waals surface area contributed by atoms with E-state index in [-0.39, 0.29) is 17.9 Å². The third-order valence-corrected chi connectivity index (χ3v) is 3.88. The van der Waals surface area contributed by atoms with Crippen molar-refractivity contribution in [1.29, 1.82) is 0 Å². The second kappa shape index (κ2) is 6.99. The van der Waals surface area contributed by atoms with Crippen molar-refractivity contribution in [3.8, 4) is 0 Å². The molecule has 0 aliphatic carbocycles. The Bertz CT molecular complexity index is 626. The molecule has 0 fully saturated rings. The molecule has 6 heteroatoms. The van der Waals surface area contributed by atoms with Gasteiger partial charge in [0.15, 0.2) is 5.78 Å². The van der Waals surface area contributed by atoms with Gasteiger partial charge in [0.25, 0.3) is 0 Å². The van der Waals surface area contributed by atoms with E-state index in [0.717, 1.165) is 11.4 Å². The minimum Gasteiger partial charge on any atom is -0.329 e. The largest absolute Gasteiger partial charge is 0.329 e. The van der Waals surface area contributed by atoms with Crippen LogP contribution in [0.1, 0.15) is 41.7 Å². The zero-order chi connectivity index (χ0) is 15.2. The predicted octanol–water partition coefficient (Wildman–Crippen LogP) is 3.62. The van der Waals surface area contributed by atoms with Crippen LogP contribution in [0, 0.1) is 0 Å². The second-order valence-electron chi connectivity index (χ2n) is 4.57. The van der Waals surface area contributed by atoms with Crippen LogP contribution < -0.4 is 10.6 Å². The predicted molar refractivity (Wildman–Crippen MR) is 83.7 cm³/mol. The van der Waals surface area contributed by atoms with Crippen molar-refractivity contribution in [3.63, 3.8) is 0 Å². The van der Waals surface area contributed by atoms with Crippen LogP contribution in [0.4, 0.5) is 10.5 Å². The molecule has 2 amide bonds. The van der Waals surface area contributed by atoms with Gasteiger partial charge in [-0.25, -0.2) is 9.78 Å². The molecule has 0 aliphatic heterocycles. The summed E-state index contributed by atoms with van der Waals surface area (Å²) in [5.41, 5.74) is 1.16. The van der Waals surface area contributed by atoms with Gasteiger partial charge in [-0.2, -0.15) is 0 Å². The first-order valence-corrected chi connectivity index (χ1v) is 7.56. The average molecular weight is 303 g/mol. The first-order valence-electron chi connectivity index (χ1n) is 6.68. The molecule has 0 aliphatic rings. The van der Waals surface area contributed by atoms with Gasteiger partial charge in [-0.05, 0) is 25.5 Å². The molecule has 1 atom stereocenters. The van der Waals surface area contributed by atoms with Gasteiger partial charge in [-0.15, -0.1) is 11.3 Å². The molecule has 5 nitrogen and oxygen atoms in total. The van der Waals surface area contributed by atoms with Crippen molar-refractivity contribution in [2.24, 2.45) is 0 Å². The topological polar surface area (TPSA) is 71.1 Å². The highest BCUT2D eigenvalue weighted by atomic mass is 32.1. The van der Waals surface area contributed by atoms with Gasteiger partial charge >= 0.3 is 6.03 Å². The van der Waals surface area contributed by atoms with Gasteiger partial charge in [0.2, 0.25) is 0 Å². The second-order valence-corrected chi connectivity index (χ2v) is 5.49. The van der Waals surface area contributed by atoms with E-state index in [9.17, 15) is 9.59 Å². The molecular formula is C15H17N3O2S. The minimum absolute atomic E-state index is 0.0340. The number of urea groups is 1. The Morgan fingerprint density at radius 1 is 1.38 bits per heavy atom. The molecule has 1 heterocycles. The van der Waals surface area contributed by atoms with E-state index in [1.54, 1.807) is 30.5 Å². The lowest BCUT2D eigenvalue weighted by molar-refractivity contribution is 0.101. The zero-order valence-corrected chi connectivity index (χ0v) is 12.7. The molecular weight excluding hydrogens is 286 g/mol. The SMILES string of the molecule is CCC(NC(=O)Nc1cccc(C(C)=O)c1)c1nccs1. The quantitative estimate of drug-likeness (QED) is 0.829. The highest BCUT2D eigenvalue weighted by molar-refractivity contribution is 7.09. The van der Waals surface area contributed by atoms with Crippen LogP contribution in [0.3, 0.4) is 0 Å². The lowest BCUT2D eigenvalue weighted by atomic mass is 10.1. The van der Waals surface area contributed by atoms with Gasteiger partial charge < -0.3 is 10.6 Å². The van der Waals surface area contributed by atoms with Crippen LogP contribution in [-0.4, -0.2) is 16.8 Å². The first kappa shape index (κ1) is 15.2. The molecule has 1 unspecified atom stereocenters. The Labute approximate surface area is 127 Å². The Hall–Kier alpha value is -2.21. The van der Waals surface area contributed by atoms with Crippen LogP contribution in [0.25, 0.3) is 0 Å². The number of hydrogen-bond acceptors (Lipinski definition) is 4. The number of nitrogens with one attached hydrogen (secondary N) is 2. The van der Waals surface area contributed by atoms with Crippen molar-refractivity contribution < 1.29 is 9.59 Å². The Morgan fingerprint density at radius 2 is 2.19 bits per heavy atom. The van der Waals surface area contributed by atoms with Crippen molar-refractivity contribution in [2.45, 2.75) is 26.3 Å². The summed E-state index contributed by atoms with van der Waals surface area (Å²) in [5.74, 6) is -0.0340. The summed E-state index contributed by atoms with van der Waals surface area (Å²) >= 11 is 1.51. The van der Waals surface area contributed by atoms with Crippen LogP contribution in [0.2, 0.25) is 0 Å². The molecule has 1 aromatic carbocycles. The van der Waals surface area contributed by atoms with Crippen molar-refractivity contribution in [2.75, 3.05) is 5.32 Å². The van der Waals surface area contributed by atoms with E-state index in [4.69, 9.17) is 0 Å². The standard InChI is InChI=1S/C15H17N3O2S/c1-3-13(14-16-7-8-21-14)18-15(20)17-12-6-4-5-11(9-12)10(2)19/h4-9,13H,3H2,1-2H3,(H2,17,18,20). The van der Waals surface area contributed by atoms with Gasteiger partial charge in [0.1, 0.15) is 5.01 Å². The summed E-state index contributed by atoms with van der Waals surface area (Å²) in [6.45, 7) is 3.48. The molecule has 2 N–H and O–H groups in total. The summed E-state index contributed by atoms with van der Waals surface area (Å²) in [4.78, 5) is 27.6. The minimum atomic E-state index is -0.308. The van der Waals surface area contributed by atoms with Crippen molar-refractivity contribution >= 4 is 28.8 Å². The summed E-state index contributed by atoms with van der Waals surface area (Å²) in [6, 6.07) is 6.45. The van der Waals surface area contributed by atoms with E-state index in [0.29, 0.717) is 11.3 Å². The normalized spacial score (nSPS) is 11.7. The highest BCUT2D eigenvalue weighted by Gasteiger charge is 2.15. The number of carbonyl (C=O) groups is 2. The molecule has 2 aromatic rings. The number of hydrogen-bond donors (Lipinski definition) is 2. The Kier molecular flexibility index (Phi) is 5.05. The maximum absolute atomic E-state index is 12.0. The van der Waals surface area contributed by atoms with Gasteiger partial charge in [0.05, 0.1) is 6.04 Å². The third kappa shape index (κ3) is 4.13. The fourth-order valence-corrected chi connectivity index (χ4v) is 2.66. The lowest BCUT2D eigenvalue weighted by Crippen LogP contribution is -2.32. The van der Waals surface area contributed by atoms with E-state index < -0.39 is 0 Å². The van der Waals surface area contributed by atoms with Crippen LogP contribution in [0.15, 0.2) is 35.8 Å². The molecule has 2 rings (SSSR count). The number of aromatic nitrogens is 1. The molecule has 0 spiro atoms. The summed E-state index contributed by atoms with van der Waals surface area (Å²) < 4.78 is 0. The number of Topliss-reactive ketones (excluding diaryl/α,β-unsaturated/α-hetero) is 1. The number of ketones is 1. The molecule has 21 heavy (non-hydrogen) atoms. The Morgan fingerprint density at radius 3 is 2.81 bits per heavy atom. The summed E-state index contributed by atoms with van der Waals surface area (Å²) in [7, 11) is 0. The van der Waals surface area contributed by atoms with Gasteiger partial charge in [0, 0.05) is 22.8 Å². The highest BCUT2D eigenvalue weighted by Crippen LogP contribution is 2.19. The summed E-state index contributed by atoms with van der Waals surface area (Å²) in [6.07, 6.45) is 2.48. The Balaban J connectivity index is 2.01. The lowest BCUT2D eigenvalue weighted by Gasteiger charge is -2.15. The summed E-state index contributed by atoms with van der Waals surface area (Å²) in [5, 5.41) is 8.38. The van der Waals surface area contributed by atoms with Crippen LogP contribution in [0.5, 0.6) is 0 Å². The fourth-order valence-electron chi connectivity index (χ4n) is 1.89. The average Bonchev–Trinajstić information content (AvgIpc) is 2.99. The number of thiazole rings is 1. The maximum atomic E-state index is 12.0. The fraction of sp³-hybridized carbons (Fsp3) is 0.267. The van der Waals surface area contributed by atoms with Crippen molar-refractivity contribution in [3.05, 3.63) is 46.4 Å². The zero-order valence-electron chi connectivity index (χ0n) is 11.9. The van der Waals surface area contributed by atoms with Crippen LogP contribution >= 0.6 is 11.3 Å². The van der Waals surface area contributed by atoms with E-state index in [1.165, 1.54) is 18.3 Å². The molecule has 110 valence electrons. The van der Waals surface area contributed by atoms with E-state index >= 15 is 0 Å². The first-order chi connectivity index (χ1) is 10.1. The number of benzene rings is 1. The van der Waals surface area contributed by atoms with Gasteiger partial charge in [-0.1, -0.05) is 19.1 Å². The number of amides is 2. The number of carbonyl (C=O) groups excluding carboxylic acids is 2. The number of nitrogens with zero attached hydrogens (tertiary/aromatic N) is 1. The molecule has 0 radical (unpaired) electrons. The van der Waals surface area contributed by atoms with E-state index in [1.807, 2.05) is 12.3 Å².